The van der Waals surface area contributed by atoms with Crippen molar-refractivity contribution in [3.63, 3.8) is 0 Å². The monoisotopic (exact) mass is 546 g/mol. The van der Waals surface area contributed by atoms with E-state index in [1.807, 2.05) is 13.8 Å². The molecule has 4 saturated carbocycles. The molecule has 6 heteroatoms. The lowest BCUT2D eigenvalue weighted by atomic mass is 9.84. The zero-order chi connectivity index (χ0) is 28.5. The summed E-state index contributed by atoms with van der Waals surface area (Å²) >= 11 is 0. The normalized spacial score (nSPS) is 27.6. The first kappa shape index (κ1) is 27.6. The topological polar surface area (TPSA) is 91.6 Å². The number of hydrogen-bond donors (Lipinski definition) is 3. The molecule has 1 aromatic heterocycles. The molecule has 40 heavy (non-hydrogen) atoms. The summed E-state index contributed by atoms with van der Waals surface area (Å²) in [6, 6.07) is 8.61. The number of aromatic nitrogens is 1. The lowest BCUT2D eigenvalue weighted by Crippen LogP contribution is -2.45. The first-order valence-electron chi connectivity index (χ1n) is 15.5. The molecule has 0 radical (unpaired) electrons. The predicted molar refractivity (Wildman–Crippen MR) is 156 cm³/mol. The zero-order valence-corrected chi connectivity index (χ0v) is 24.7. The lowest BCUT2D eigenvalue weighted by Gasteiger charge is -2.28. The molecule has 6 rings (SSSR count). The average molecular weight is 547 g/mol. The van der Waals surface area contributed by atoms with Crippen molar-refractivity contribution in [2.75, 3.05) is 0 Å². The van der Waals surface area contributed by atoms with Crippen molar-refractivity contribution < 1.29 is 19.8 Å². The minimum Gasteiger partial charge on any atom is -0.481 e. The van der Waals surface area contributed by atoms with Gasteiger partial charge in [0.25, 0.3) is 5.91 Å². The molecule has 216 valence electrons. The number of aliphatic carboxylic acids is 1. The van der Waals surface area contributed by atoms with Gasteiger partial charge in [-0.3, -0.25) is 9.59 Å². The SMILES string of the molecule is Cc1c(C(=O)NC23CCC(C(=O)O)(CC2)C3)cc(-c2cc(C(C)(C)O)cc(C3(C)CC3)c2)n1CC1CCCCC1. The summed E-state index contributed by atoms with van der Waals surface area (Å²) in [5.41, 5.74) is 4.02. The number of rotatable bonds is 8. The van der Waals surface area contributed by atoms with Crippen LogP contribution in [0.15, 0.2) is 24.3 Å². The second kappa shape index (κ2) is 9.47. The Balaban J connectivity index is 1.39. The quantitative estimate of drug-likeness (QED) is 0.338. The molecule has 2 aromatic rings. The zero-order valence-electron chi connectivity index (χ0n) is 24.7. The minimum atomic E-state index is -0.965. The Morgan fingerprint density at radius 3 is 2.25 bits per heavy atom. The number of aliphatic hydroxyl groups is 1. The third kappa shape index (κ3) is 4.80. The highest BCUT2D eigenvalue weighted by Crippen LogP contribution is 2.56. The summed E-state index contributed by atoms with van der Waals surface area (Å²) < 4.78 is 2.36. The van der Waals surface area contributed by atoms with Crippen molar-refractivity contribution in [2.24, 2.45) is 11.3 Å². The molecule has 0 atom stereocenters. The number of carboxylic acid groups (broad SMARTS) is 1. The molecule has 0 saturated heterocycles. The Labute approximate surface area is 238 Å². The number of carbonyl (C=O) groups is 2. The Kier molecular flexibility index (Phi) is 6.53. The van der Waals surface area contributed by atoms with Crippen LogP contribution in [0, 0.1) is 18.3 Å². The second-order valence-corrected chi connectivity index (χ2v) is 14.6. The van der Waals surface area contributed by atoms with Gasteiger partial charge in [-0.25, -0.2) is 0 Å². The summed E-state index contributed by atoms with van der Waals surface area (Å²) in [6.07, 6.45) is 11.8. The molecule has 2 bridgehead atoms. The molecule has 1 heterocycles. The maximum atomic E-state index is 13.9. The smallest absolute Gasteiger partial charge is 0.309 e. The van der Waals surface area contributed by atoms with Crippen LogP contribution >= 0.6 is 0 Å². The summed E-state index contributed by atoms with van der Waals surface area (Å²) in [5, 5.41) is 24.2. The van der Waals surface area contributed by atoms with Crippen LogP contribution in [0.1, 0.15) is 125 Å². The lowest BCUT2D eigenvalue weighted by molar-refractivity contribution is -0.148. The van der Waals surface area contributed by atoms with Gasteiger partial charge in [-0.05, 0) is 125 Å². The van der Waals surface area contributed by atoms with Crippen molar-refractivity contribution in [1.82, 2.24) is 9.88 Å². The molecule has 4 aliphatic carbocycles. The molecule has 1 amide bonds. The van der Waals surface area contributed by atoms with Crippen molar-refractivity contribution >= 4 is 11.9 Å². The number of nitrogens with one attached hydrogen (secondary N) is 1. The molecular weight excluding hydrogens is 500 g/mol. The standard InChI is InChI=1S/C34H46N2O4/c1-22-27(29(37)35-34-14-12-33(21-34,13-15-34)30(38)39)19-28(36(22)20-23-8-6-5-7-9-23)24-16-25(31(2,3)40)18-26(17-24)32(4)10-11-32/h16-19,23,40H,5-15,20-21H2,1-4H3,(H,35,37)(H,38,39). The fraction of sp³-hybridized carbons (Fsp3) is 0.647. The van der Waals surface area contributed by atoms with Crippen LogP contribution in [0.2, 0.25) is 0 Å². The van der Waals surface area contributed by atoms with Crippen LogP contribution in [0.3, 0.4) is 0 Å². The van der Waals surface area contributed by atoms with E-state index in [9.17, 15) is 19.8 Å². The predicted octanol–water partition coefficient (Wildman–Crippen LogP) is 6.84. The van der Waals surface area contributed by atoms with Crippen molar-refractivity contribution in [2.45, 2.75) is 128 Å². The van der Waals surface area contributed by atoms with Gasteiger partial charge >= 0.3 is 5.97 Å². The molecule has 4 aliphatic rings. The molecule has 0 spiro atoms. The molecule has 0 aliphatic heterocycles. The summed E-state index contributed by atoms with van der Waals surface area (Å²) in [6.45, 7) is 8.94. The van der Waals surface area contributed by atoms with Crippen LogP contribution < -0.4 is 5.32 Å². The van der Waals surface area contributed by atoms with Gasteiger partial charge in [0.2, 0.25) is 0 Å². The number of carboxylic acids is 1. The number of amides is 1. The molecule has 4 fully saturated rings. The van der Waals surface area contributed by atoms with Gasteiger partial charge in [0.15, 0.2) is 0 Å². The van der Waals surface area contributed by atoms with Crippen LogP contribution in [-0.2, 0) is 22.4 Å². The third-order valence-corrected chi connectivity index (χ3v) is 11.1. The summed E-state index contributed by atoms with van der Waals surface area (Å²) in [4.78, 5) is 25.9. The van der Waals surface area contributed by atoms with Crippen LogP contribution in [0.25, 0.3) is 11.3 Å². The van der Waals surface area contributed by atoms with Gasteiger partial charge in [0.05, 0.1) is 16.6 Å². The van der Waals surface area contributed by atoms with E-state index >= 15 is 0 Å². The number of fused-ring (bicyclic) bond motifs is 2. The van der Waals surface area contributed by atoms with E-state index in [-0.39, 0.29) is 11.3 Å². The fourth-order valence-electron chi connectivity index (χ4n) is 7.91. The van der Waals surface area contributed by atoms with E-state index < -0.39 is 22.5 Å². The van der Waals surface area contributed by atoms with E-state index in [1.165, 1.54) is 37.7 Å². The molecule has 3 N–H and O–H groups in total. The largest absolute Gasteiger partial charge is 0.481 e. The number of nitrogens with zero attached hydrogens (tertiary/aromatic N) is 1. The Morgan fingerprint density at radius 1 is 1.00 bits per heavy atom. The van der Waals surface area contributed by atoms with Crippen LogP contribution in [-0.4, -0.2) is 32.2 Å². The average Bonchev–Trinajstić information content (AvgIpc) is 3.26. The van der Waals surface area contributed by atoms with Crippen molar-refractivity contribution in [1.29, 1.82) is 0 Å². The molecule has 6 nitrogen and oxygen atoms in total. The minimum absolute atomic E-state index is 0.0859. The fourth-order valence-corrected chi connectivity index (χ4v) is 7.91. The van der Waals surface area contributed by atoms with Gasteiger partial charge < -0.3 is 20.1 Å². The van der Waals surface area contributed by atoms with E-state index in [4.69, 9.17) is 0 Å². The first-order chi connectivity index (χ1) is 18.8. The molecular formula is C34H46N2O4. The molecule has 1 aromatic carbocycles. The van der Waals surface area contributed by atoms with Gasteiger partial charge in [-0.2, -0.15) is 0 Å². The Morgan fingerprint density at radius 2 is 1.68 bits per heavy atom. The van der Waals surface area contributed by atoms with E-state index in [1.54, 1.807) is 0 Å². The summed E-state index contributed by atoms with van der Waals surface area (Å²) in [7, 11) is 0. The van der Waals surface area contributed by atoms with Crippen LogP contribution in [0.5, 0.6) is 0 Å². The number of hydrogen-bond acceptors (Lipinski definition) is 3. The van der Waals surface area contributed by atoms with E-state index in [0.717, 1.165) is 54.7 Å². The highest BCUT2D eigenvalue weighted by molar-refractivity contribution is 5.97. The van der Waals surface area contributed by atoms with Gasteiger partial charge in [0.1, 0.15) is 0 Å². The second-order valence-electron chi connectivity index (χ2n) is 14.6. The highest BCUT2D eigenvalue weighted by Gasteiger charge is 2.59. The van der Waals surface area contributed by atoms with Gasteiger partial charge in [0, 0.05) is 23.5 Å². The summed E-state index contributed by atoms with van der Waals surface area (Å²) in [5.74, 6) is -0.214. The third-order valence-electron chi connectivity index (χ3n) is 11.1. The Bertz CT molecular complexity index is 1300. The number of carbonyl (C=O) groups excluding carboxylic acids is 1. The first-order valence-corrected chi connectivity index (χ1v) is 15.5. The molecule has 0 unspecified atom stereocenters. The number of benzene rings is 1. The highest BCUT2D eigenvalue weighted by atomic mass is 16.4. The van der Waals surface area contributed by atoms with Crippen LogP contribution in [0.4, 0.5) is 0 Å². The van der Waals surface area contributed by atoms with Crippen molar-refractivity contribution in [3.8, 4) is 11.3 Å². The van der Waals surface area contributed by atoms with Gasteiger partial charge in [-0.15, -0.1) is 0 Å². The maximum absolute atomic E-state index is 13.9. The van der Waals surface area contributed by atoms with Crippen molar-refractivity contribution in [3.05, 3.63) is 46.6 Å². The van der Waals surface area contributed by atoms with Gasteiger partial charge in [-0.1, -0.05) is 32.3 Å². The van der Waals surface area contributed by atoms with E-state index in [2.05, 4.69) is 48.0 Å². The maximum Gasteiger partial charge on any atom is 0.309 e. The Hall–Kier alpha value is -2.60. The van der Waals surface area contributed by atoms with E-state index in [0.29, 0.717) is 30.7 Å².